The topological polar surface area (TPSA) is 23.5 Å². The molecule has 0 aliphatic heterocycles. The fraction of sp³-hybridized carbons (Fsp3) is 0.647. The summed E-state index contributed by atoms with van der Waals surface area (Å²) in [7, 11) is 4.10. The summed E-state index contributed by atoms with van der Waals surface area (Å²) in [5.74, 6) is -0.250. The van der Waals surface area contributed by atoms with E-state index in [1.165, 1.54) is 25.0 Å². The lowest BCUT2D eigenvalue weighted by Crippen LogP contribution is -2.54. The molecule has 0 radical (unpaired) electrons. The number of hydrogen-bond acceptors (Lipinski definition) is 2. The van der Waals surface area contributed by atoms with Crippen LogP contribution in [0.5, 0.6) is 0 Å². The van der Waals surface area contributed by atoms with Gasteiger partial charge in [0.05, 0.1) is 6.10 Å². The van der Waals surface area contributed by atoms with Crippen molar-refractivity contribution in [3.8, 4) is 0 Å². The van der Waals surface area contributed by atoms with Crippen molar-refractivity contribution < 1.29 is 9.50 Å². The van der Waals surface area contributed by atoms with Gasteiger partial charge in [0.1, 0.15) is 5.82 Å². The molecular weight excluding hydrogens is 333 g/mol. The Kier molecular flexibility index (Phi) is 5.81. The first-order chi connectivity index (χ1) is 9.95. The van der Waals surface area contributed by atoms with Crippen LogP contribution in [-0.2, 0) is 6.42 Å². The molecule has 0 amide bonds. The van der Waals surface area contributed by atoms with E-state index >= 15 is 0 Å². The number of benzene rings is 1. The Morgan fingerprint density at radius 1 is 1.24 bits per heavy atom. The predicted octanol–water partition coefficient (Wildman–Crippen LogP) is 4.15. The fourth-order valence-corrected chi connectivity index (χ4v) is 3.93. The fourth-order valence-electron chi connectivity index (χ4n) is 3.52. The standard InChI is InChI=1S/C17H25BrFNO/c1-20(2)17(9-5-3-4-6-10-17)16(21)12-13-11-14(19)7-8-15(13)18/h7-8,11,16,21H,3-6,9-10,12H2,1-2H3. The third kappa shape index (κ3) is 3.85. The summed E-state index contributed by atoms with van der Waals surface area (Å²) >= 11 is 3.46. The second kappa shape index (κ2) is 7.21. The normalized spacial score (nSPS) is 20.3. The molecule has 1 aliphatic carbocycles. The number of aliphatic hydroxyl groups excluding tert-OH is 1. The molecular formula is C17H25BrFNO. The lowest BCUT2D eigenvalue weighted by Gasteiger charge is -2.43. The average Bonchev–Trinajstić information content (AvgIpc) is 2.69. The minimum atomic E-state index is -0.483. The number of aliphatic hydroxyl groups is 1. The Balaban J connectivity index is 2.22. The molecule has 1 saturated carbocycles. The van der Waals surface area contributed by atoms with Crippen molar-refractivity contribution >= 4 is 15.9 Å². The Hall–Kier alpha value is -0.450. The Morgan fingerprint density at radius 2 is 1.86 bits per heavy atom. The van der Waals surface area contributed by atoms with Crippen LogP contribution in [0.2, 0.25) is 0 Å². The first kappa shape index (κ1) is 16.9. The van der Waals surface area contributed by atoms with Crippen LogP contribution in [0, 0.1) is 5.82 Å². The minimum absolute atomic E-state index is 0.192. The number of rotatable bonds is 4. The third-order valence-corrected chi connectivity index (χ3v) is 5.67. The number of hydrogen-bond donors (Lipinski definition) is 1. The van der Waals surface area contributed by atoms with Crippen molar-refractivity contribution in [3.63, 3.8) is 0 Å². The van der Waals surface area contributed by atoms with Crippen LogP contribution in [0.4, 0.5) is 4.39 Å². The van der Waals surface area contributed by atoms with Gasteiger partial charge in [-0.25, -0.2) is 4.39 Å². The van der Waals surface area contributed by atoms with E-state index in [-0.39, 0.29) is 11.4 Å². The smallest absolute Gasteiger partial charge is 0.123 e. The van der Waals surface area contributed by atoms with Gasteiger partial charge in [0.25, 0.3) is 0 Å². The SMILES string of the molecule is CN(C)C1(C(O)Cc2cc(F)ccc2Br)CCCCCC1. The van der Waals surface area contributed by atoms with Crippen molar-refractivity contribution in [3.05, 3.63) is 34.1 Å². The van der Waals surface area contributed by atoms with E-state index in [0.29, 0.717) is 6.42 Å². The predicted molar refractivity (Wildman–Crippen MR) is 87.9 cm³/mol. The summed E-state index contributed by atoms with van der Waals surface area (Å²) in [5, 5.41) is 10.9. The molecule has 1 aromatic rings. The molecule has 0 heterocycles. The van der Waals surface area contributed by atoms with Crippen LogP contribution < -0.4 is 0 Å². The highest BCUT2D eigenvalue weighted by Crippen LogP contribution is 2.36. The minimum Gasteiger partial charge on any atom is -0.391 e. The Bertz CT molecular complexity index is 470. The molecule has 118 valence electrons. The first-order valence-corrected chi connectivity index (χ1v) is 8.54. The van der Waals surface area contributed by atoms with Gasteiger partial charge >= 0.3 is 0 Å². The second-order valence-electron chi connectivity index (χ2n) is 6.37. The zero-order valence-corrected chi connectivity index (χ0v) is 14.5. The van der Waals surface area contributed by atoms with E-state index in [1.54, 1.807) is 6.07 Å². The van der Waals surface area contributed by atoms with Crippen LogP contribution in [0.15, 0.2) is 22.7 Å². The maximum absolute atomic E-state index is 13.4. The van der Waals surface area contributed by atoms with Crippen molar-refractivity contribution in [1.82, 2.24) is 4.90 Å². The quantitative estimate of drug-likeness (QED) is 0.818. The van der Waals surface area contributed by atoms with Crippen molar-refractivity contribution in [2.45, 2.75) is 56.6 Å². The van der Waals surface area contributed by atoms with Crippen molar-refractivity contribution in [2.24, 2.45) is 0 Å². The molecule has 4 heteroatoms. The lowest BCUT2D eigenvalue weighted by molar-refractivity contribution is -0.0175. The first-order valence-electron chi connectivity index (χ1n) is 7.75. The molecule has 21 heavy (non-hydrogen) atoms. The van der Waals surface area contributed by atoms with Crippen LogP contribution in [-0.4, -0.2) is 35.7 Å². The average molecular weight is 358 g/mol. The summed E-state index contributed by atoms with van der Waals surface area (Å²) in [5.41, 5.74) is 0.649. The highest BCUT2D eigenvalue weighted by Gasteiger charge is 2.40. The number of halogens is 2. The zero-order chi connectivity index (χ0) is 15.5. The molecule has 1 aromatic carbocycles. The van der Waals surface area contributed by atoms with Crippen LogP contribution in [0.1, 0.15) is 44.1 Å². The van der Waals surface area contributed by atoms with Gasteiger partial charge in [0.15, 0.2) is 0 Å². The van der Waals surface area contributed by atoms with Gasteiger partial charge in [0.2, 0.25) is 0 Å². The molecule has 0 bridgehead atoms. The highest BCUT2D eigenvalue weighted by molar-refractivity contribution is 9.10. The van der Waals surface area contributed by atoms with Crippen LogP contribution in [0.25, 0.3) is 0 Å². The van der Waals surface area contributed by atoms with Gasteiger partial charge in [-0.3, -0.25) is 0 Å². The van der Waals surface area contributed by atoms with Gasteiger partial charge in [0, 0.05) is 16.4 Å². The van der Waals surface area contributed by atoms with Gasteiger partial charge in [-0.1, -0.05) is 41.6 Å². The maximum Gasteiger partial charge on any atom is 0.123 e. The van der Waals surface area contributed by atoms with Gasteiger partial charge in [-0.15, -0.1) is 0 Å². The van der Waals surface area contributed by atoms with E-state index in [0.717, 1.165) is 35.7 Å². The molecule has 1 N–H and O–H groups in total. The summed E-state index contributed by atoms with van der Waals surface area (Å²) in [4.78, 5) is 2.18. The summed E-state index contributed by atoms with van der Waals surface area (Å²) in [6.07, 6.45) is 6.80. The van der Waals surface area contributed by atoms with Crippen LogP contribution in [0.3, 0.4) is 0 Å². The number of likely N-dealkylation sites (N-methyl/N-ethyl adjacent to an activating group) is 1. The van der Waals surface area contributed by atoms with E-state index in [1.807, 2.05) is 0 Å². The third-order valence-electron chi connectivity index (χ3n) is 4.90. The largest absolute Gasteiger partial charge is 0.391 e. The molecule has 2 nitrogen and oxygen atoms in total. The van der Waals surface area contributed by atoms with Crippen molar-refractivity contribution in [2.75, 3.05) is 14.1 Å². The molecule has 0 spiro atoms. The van der Waals surface area contributed by atoms with Gasteiger partial charge < -0.3 is 10.0 Å². The summed E-state index contributed by atoms with van der Waals surface area (Å²) < 4.78 is 14.3. The highest BCUT2D eigenvalue weighted by atomic mass is 79.9. The second-order valence-corrected chi connectivity index (χ2v) is 7.22. The zero-order valence-electron chi connectivity index (χ0n) is 12.9. The van der Waals surface area contributed by atoms with E-state index < -0.39 is 6.10 Å². The molecule has 1 fully saturated rings. The van der Waals surface area contributed by atoms with Crippen molar-refractivity contribution in [1.29, 1.82) is 0 Å². The maximum atomic E-state index is 13.4. The summed E-state index contributed by atoms with van der Waals surface area (Å²) in [6, 6.07) is 4.67. The number of nitrogens with zero attached hydrogens (tertiary/aromatic N) is 1. The van der Waals surface area contributed by atoms with Gasteiger partial charge in [-0.2, -0.15) is 0 Å². The van der Waals surface area contributed by atoms with Crippen LogP contribution >= 0.6 is 15.9 Å². The molecule has 1 aliphatic rings. The van der Waals surface area contributed by atoms with E-state index in [2.05, 4.69) is 34.9 Å². The van der Waals surface area contributed by atoms with E-state index in [4.69, 9.17) is 0 Å². The monoisotopic (exact) mass is 357 g/mol. The lowest BCUT2D eigenvalue weighted by atomic mass is 9.80. The summed E-state index contributed by atoms with van der Waals surface area (Å²) in [6.45, 7) is 0. The molecule has 1 atom stereocenters. The molecule has 0 aromatic heterocycles. The van der Waals surface area contributed by atoms with Gasteiger partial charge in [-0.05, 0) is 50.7 Å². The van der Waals surface area contributed by atoms with E-state index in [9.17, 15) is 9.50 Å². The molecule has 2 rings (SSSR count). The Labute approximate surface area is 135 Å². The Morgan fingerprint density at radius 3 is 2.43 bits per heavy atom. The molecule has 0 saturated heterocycles. The molecule has 1 unspecified atom stereocenters.